The summed E-state index contributed by atoms with van der Waals surface area (Å²) in [7, 11) is 0. The van der Waals surface area contributed by atoms with Crippen molar-refractivity contribution in [1.82, 2.24) is 9.80 Å². The Morgan fingerprint density at radius 3 is 2.60 bits per heavy atom. The number of hydrogen-bond acceptors (Lipinski definition) is 3. The minimum absolute atomic E-state index is 0.0120. The average molecular weight is 284 g/mol. The van der Waals surface area contributed by atoms with Crippen LogP contribution in [0.15, 0.2) is 0 Å². The van der Waals surface area contributed by atoms with Gasteiger partial charge in [-0.1, -0.05) is 12.8 Å². The van der Waals surface area contributed by atoms with Gasteiger partial charge in [-0.3, -0.25) is 4.79 Å². The number of likely N-dealkylation sites (tertiary alicyclic amines) is 2. The molecule has 6 nitrogen and oxygen atoms in total. The van der Waals surface area contributed by atoms with Gasteiger partial charge in [0.1, 0.15) is 0 Å². The first-order valence-corrected chi connectivity index (χ1v) is 7.50. The van der Waals surface area contributed by atoms with E-state index in [-0.39, 0.29) is 31.0 Å². The number of aliphatic carboxylic acids is 1. The van der Waals surface area contributed by atoms with Crippen molar-refractivity contribution in [2.45, 2.75) is 44.6 Å². The van der Waals surface area contributed by atoms with E-state index in [2.05, 4.69) is 0 Å². The zero-order chi connectivity index (χ0) is 14.5. The number of urea groups is 1. The lowest BCUT2D eigenvalue weighted by Crippen LogP contribution is -2.48. The molecule has 2 unspecified atom stereocenters. The van der Waals surface area contributed by atoms with Crippen LogP contribution in [0.25, 0.3) is 0 Å². The Morgan fingerprint density at radius 2 is 1.90 bits per heavy atom. The van der Waals surface area contributed by atoms with E-state index in [1.165, 1.54) is 0 Å². The Bertz CT molecular complexity index is 361. The molecule has 2 aliphatic heterocycles. The maximum Gasteiger partial charge on any atom is 0.320 e. The quantitative estimate of drug-likeness (QED) is 0.814. The molecule has 2 saturated heterocycles. The molecule has 2 fully saturated rings. The van der Waals surface area contributed by atoms with Gasteiger partial charge in [-0.25, -0.2) is 4.79 Å². The van der Waals surface area contributed by atoms with Crippen LogP contribution in [-0.2, 0) is 4.79 Å². The molecule has 0 spiro atoms. The number of carbonyl (C=O) groups excluding carboxylic acids is 1. The summed E-state index contributed by atoms with van der Waals surface area (Å²) in [5.41, 5.74) is 0. The third-order valence-electron chi connectivity index (χ3n) is 4.35. The summed E-state index contributed by atoms with van der Waals surface area (Å²) < 4.78 is 0. The number of nitrogens with zero attached hydrogens (tertiary/aromatic N) is 2. The molecule has 2 amide bonds. The van der Waals surface area contributed by atoms with Gasteiger partial charge in [-0.15, -0.1) is 0 Å². The number of amides is 2. The molecule has 2 rings (SSSR count). The monoisotopic (exact) mass is 284 g/mol. The van der Waals surface area contributed by atoms with Crippen molar-refractivity contribution < 1.29 is 19.8 Å². The first kappa shape index (κ1) is 15.1. The molecule has 0 aromatic heterocycles. The predicted octanol–water partition coefficient (Wildman–Crippen LogP) is 1.14. The van der Waals surface area contributed by atoms with Gasteiger partial charge in [0.15, 0.2) is 0 Å². The maximum absolute atomic E-state index is 12.5. The summed E-state index contributed by atoms with van der Waals surface area (Å²) in [4.78, 5) is 26.8. The highest BCUT2D eigenvalue weighted by Crippen LogP contribution is 2.24. The predicted molar refractivity (Wildman–Crippen MR) is 73.4 cm³/mol. The lowest BCUT2D eigenvalue weighted by Gasteiger charge is -2.32. The fourth-order valence-electron chi connectivity index (χ4n) is 3.22. The molecule has 2 N–H and O–H groups in total. The number of hydrogen-bond donors (Lipinski definition) is 2. The Morgan fingerprint density at radius 1 is 1.10 bits per heavy atom. The van der Waals surface area contributed by atoms with Crippen molar-refractivity contribution in [3.05, 3.63) is 0 Å². The van der Waals surface area contributed by atoms with E-state index in [1.807, 2.05) is 0 Å². The van der Waals surface area contributed by atoms with Gasteiger partial charge >= 0.3 is 12.0 Å². The lowest BCUT2D eigenvalue weighted by atomic mass is 10.1. The van der Waals surface area contributed by atoms with Crippen LogP contribution in [0.2, 0.25) is 0 Å². The minimum atomic E-state index is -0.799. The molecule has 0 aromatic rings. The van der Waals surface area contributed by atoms with E-state index in [0.717, 1.165) is 32.1 Å². The molecule has 2 aliphatic rings. The Hall–Kier alpha value is -1.30. The second kappa shape index (κ2) is 6.92. The third kappa shape index (κ3) is 3.62. The largest absolute Gasteiger partial charge is 0.481 e. The Labute approximate surface area is 119 Å². The molecule has 0 aliphatic carbocycles. The van der Waals surface area contributed by atoms with Crippen LogP contribution in [0, 0.1) is 5.92 Å². The number of carbonyl (C=O) groups is 2. The number of aliphatic hydroxyl groups is 1. The summed E-state index contributed by atoms with van der Waals surface area (Å²) in [6.45, 7) is 1.87. The van der Waals surface area contributed by atoms with Gasteiger partial charge in [0, 0.05) is 26.1 Å². The summed E-state index contributed by atoms with van der Waals surface area (Å²) in [6, 6.07) is -0.109. The molecule has 2 atom stereocenters. The Kier molecular flexibility index (Phi) is 5.23. The average Bonchev–Trinajstić information content (AvgIpc) is 2.74. The van der Waals surface area contributed by atoms with Crippen LogP contribution in [-0.4, -0.2) is 64.3 Å². The fraction of sp³-hybridized carbons (Fsp3) is 0.857. The first-order valence-electron chi connectivity index (χ1n) is 7.50. The number of carboxylic acid groups (broad SMARTS) is 1. The first-order chi connectivity index (χ1) is 9.61. The smallest absolute Gasteiger partial charge is 0.320 e. The second-order valence-electron chi connectivity index (χ2n) is 5.86. The second-order valence-corrected chi connectivity index (χ2v) is 5.86. The third-order valence-corrected chi connectivity index (χ3v) is 4.35. The van der Waals surface area contributed by atoms with E-state index in [1.54, 1.807) is 9.80 Å². The van der Waals surface area contributed by atoms with Crippen LogP contribution in [0.5, 0.6) is 0 Å². The molecular weight excluding hydrogens is 260 g/mol. The molecule has 0 radical (unpaired) electrons. The van der Waals surface area contributed by atoms with Gasteiger partial charge in [-0.2, -0.15) is 0 Å². The van der Waals surface area contributed by atoms with Crippen LogP contribution in [0.1, 0.15) is 38.5 Å². The summed E-state index contributed by atoms with van der Waals surface area (Å²) in [5, 5.41) is 18.3. The van der Waals surface area contributed by atoms with Gasteiger partial charge in [0.2, 0.25) is 0 Å². The van der Waals surface area contributed by atoms with E-state index >= 15 is 0 Å². The van der Waals surface area contributed by atoms with E-state index in [0.29, 0.717) is 19.6 Å². The maximum atomic E-state index is 12.5. The molecule has 2 heterocycles. The van der Waals surface area contributed by atoms with E-state index in [4.69, 9.17) is 5.11 Å². The topological polar surface area (TPSA) is 81.1 Å². The molecule has 20 heavy (non-hydrogen) atoms. The van der Waals surface area contributed by atoms with E-state index < -0.39 is 5.97 Å². The normalized spacial score (nSPS) is 27.4. The van der Waals surface area contributed by atoms with Gasteiger partial charge in [0.05, 0.1) is 12.6 Å². The van der Waals surface area contributed by atoms with Crippen molar-refractivity contribution in [2.75, 3.05) is 26.2 Å². The van der Waals surface area contributed by atoms with Crippen molar-refractivity contribution in [3.63, 3.8) is 0 Å². The van der Waals surface area contributed by atoms with Crippen LogP contribution in [0.4, 0.5) is 4.79 Å². The zero-order valence-electron chi connectivity index (χ0n) is 11.8. The van der Waals surface area contributed by atoms with Crippen LogP contribution in [0.3, 0.4) is 0 Å². The van der Waals surface area contributed by atoms with Crippen molar-refractivity contribution in [2.24, 2.45) is 5.92 Å². The standard InChI is InChI=1S/C14H24N2O4/c17-10-12-4-2-1-3-6-16(12)14(20)15-7-5-11(9-15)8-13(18)19/h11-12,17H,1-10H2,(H,18,19). The summed E-state index contributed by atoms with van der Waals surface area (Å²) in [5.74, 6) is -0.733. The minimum Gasteiger partial charge on any atom is -0.481 e. The number of carboxylic acids is 1. The van der Waals surface area contributed by atoms with Gasteiger partial charge in [-0.05, 0) is 25.2 Å². The van der Waals surface area contributed by atoms with Crippen molar-refractivity contribution >= 4 is 12.0 Å². The highest BCUT2D eigenvalue weighted by atomic mass is 16.4. The zero-order valence-corrected chi connectivity index (χ0v) is 11.8. The highest BCUT2D eigenvalue weighted by Gasteiger charge is 2.33. The van der Waals surface area contributed by atoms with Crippen LogP contribution < -0.4 is 0 Å². The van der Waals surface area contributed by atoms with Crippen molar-refractivity contribution in [1.29, 1.82) is 0 Å². The van der Waals surface area contributed by atoms with Gasteiger partial charge in [0.25, 0.3) is 0 Å². The van der Waals surface area contributed by atoms with Crippen molar-refractivity contribution in [3.8, 4) is 0 Å². The summed E-state index contributed by atoms with van der Waals surface area (Å²) >= 11 is 0. The molecule has 0 bridgehead atoms. The van der Waals surface area contributed by atoms with E-state index in [9.17, 15) is 14.7 Å². The Balaban J connectivity index is 1.94. The fourth-order valence-corrected chi connectivity index (χ4v) is 3.22. The molecule has 6 heteroatoms. The SMILES string of the molecule is O=C(O)CC1CCN(C(=O)N2CCCCCC2CO)C1. The summed E-state index contributed by atoms with van der Waals surface area (Å²) in [6.07, 6.45) is 4.88. The highest BCUT2D eigenvalue weighted by molar-refractivity contribution is 5.75. The molecule has 0 aromatic carbocycles. The molecular formula is C14H24N2O4. The molecule has 114 valence electrons. The number of aliphatic hydroxyl groups excluding tert-OH is 1. The lowest BCUT2D eigenvalue weighted by molar-refractivity contribution is -0.138. The number of rotatable bonds is 3. The molecule has 0 saturated carbocycles. The van der Waals surface area contributed by atoms with Crippen LogP contribution >= 0.6 is 0 Å². The van der Waals surface area contributed by atoms with Gasteiger partial charge < -0.3 is 20.0 Å².